The van der Waals surface area contributed by atoms with Gasteiger partial charge in [-0.1, -0.05) is 12.1 Å². The molecule has 0 radical (unpaired) electrons. The van der Waals surface area contributed by atoms with Gasteiger partial charge in [-0.05, 0) is 48.3 Å². The van der Waals surface area contributed by atoms with Crippen molar-refractivity contribution in [1.82, 2.24) is 9.97 Å². The van der Waals surface area contributed by atoms with Gasteiger partial charge in [0.15, 0.2) is 11.6 Å². The fourth-order valence-corrected chi connectivity index (χ4v) is 3.62. The van der Waals surface area contributed by atoms with Crippen molar-refractivity contribution in [2.24, 2.45) is 0 Å². The molecule has 176 valence electrons. The van der Waals surface area contributed by atoms with Crippen LogP contribution < -0.4 is 24.2 Å². The van der Waals surface area contributed by atoms with Crippen LogP contribution in [-0.2, 0) is 0 Å². The van der Waals surface area contributed by atoms with Gasteiger partial charge in [-0.2, -0.15) is 0 Å². The normalized spacial score (nSPS) is 11.2. The minimum atomic E-state index is -4.74. The van der Waals surface area contributed by atoms with Crippen LogP contribution in [-0.4, -0.2) is 30.5 Å². The fraction of sp³-hybridized carbons (Fsp3) is 0.130. The standard InChI is InChI=1S/C23H19F3N4O3S/c1-31-16-11-14(12-17(13-16)32-2)27-21-22(29-20-6-4-3-5-19(20)28-21)30-34-18-9-7-15(8-10-18)33-23(24,25)26/h3-13H,1-2H3,(H,27,28)(H,29,30). The van der Waals surface area contributed by atoms with E-state index in [1.165, 1.54) is 36.2 Å². The third kappa shape index (κ3) is 5.93. The number of benzene rings is 3. The molecule has 11 heteroatoms. The highest BCUT2D eigenvalue weighted by molar-refractivity contribution is 8.00. The van der Waals surface area contributed by atoms with Gasteiger partial charge < -0.3 is 24.2 Å². The van der Waals surface area contributed by atoms with Gasteiger partial charge in [-0.3, -0.25) is 0 Å². The number of halogens is 3. The van der Waals surface area contributed by atoms with Crippen molar-refractivity contribution in [3.05, 3.63) is 66.7 Å². The van der Waals surface area contributed by atoms with Crippen LogP contribution in [0.4, 0.5) is 30.5 Å². The Balaban J connectivity index is 1.60. The molecule has 2 N–H and O–H groups in total. The molecule has 0 saturated heterocycles. The first-order valence-corrected chi connectivity index (χ1v) is 10.7. The summed E-state index contributed by atoms with van der Waals surface area (Å²) in [6.45, 7) is 0. The number of hydrogen-bond acceptors (Lipinski definition) is 8. The minimum Gasteiger partial charge on any atom is -0.497 e. The van der Waals surface area contributed by atoms with Crippen LogP contribution in [0.5, 0.6) is 17.2 Å². The van der Waals surface area contributed by atoms with Gasteiger partial charge in [-0.25, -0.2) is 9.97 Å². The van der Waals surface area contributed by atoms with Crippen LogP contribution in [0.25, 0.3) is 11.0 Å². The summed E-state index contributed by atoms with van der Waals surface area (Å²) < 4.78 is 54.8. The maximum atomic E-state index is 12.4. The summed E-state index contributed by atoms with van der Waals surface area (Å²) in [6, 6.07) is 18.2. The zero-order chi connectivity index (χ0) is 24.1. The number of nitrogens with one attached hydrogen (secondary N) is 2. The van der Waals surface area contributed by atoms with E-state index >= 15 is 0 Å². The molecular weight excluding hydrogens is 469 g/mol. The predicted molar refractivity (Wildman–Crippen MR) is 125 cm³/mol. The molecule has 1 aromatic heterocycles. The number of para-hydroxylation sites is 2. The number of alkyl halides is 3. The molecule has 7 nitrogen and oxygen atoms in total. The van der Waals surface area contributed by atoms with Crippen molar-refractivity contribution < 1.29 is 27.4 Å². The molecule has 0 aliphatic carbocycles. The van der Waals surface area contributed by atoms with Crippen molar-refractivity contribution >= 4 is 40.3 Å². The third-order valence-corrected chi connectivity index (χ3v) is 5.31. The maximum absolute atomic E-state index is 12.4. The van der Waals surface area contributed by atoms with E-state index in [2.05, 4.69) is 24.7 Å². The predicted octanol–water partition coefficient (Wildman–Crippen LogP) is 6.41. The van der Waals surface area contributed by atoms with E-state index in [9.17, 15) is 13.2 Å². The van der Waals surface area contributed by atoms with Gasteiger partial charge in [0.2, 0.25) is 0 Å². The lowest BCUT2D eigenvalue weighted by molar-refractivity contribution is -0.274. The molecule has 0 unspecified atom stereocenters. The quantitative estimate of drug-likeness (QED) is 0.276. The molecular formula is C23H19F3N4O3S. The average molecular weight is 488 g/mol. The summed E-state index contributed by atoms with van der Waals surface area (Å²) >= 11 is 1.17. The van der Waals surface area contributed by atoms with Gasteiger partial charge in [0.25, 0.3) is 0 Å². The fourth-order valence-electron chi connectivity index (χ4n) is 2.99. The lowest BCUT2D eigenvalue weighted by atomic mass is 10.2. The Hall–Kier alpha value is -3.86. The number of hydrogen-bond donors (Lipinski definition) is 2. The molecule has 0 amide bonds. The van der Waals surface area contributed by atoms with E-state index < -0.39 is 6.36 Å². The van der Waals surface area contributed by atoms with Gasteiger partial charge in [0.1, 0.15) is 17.2 Å². The summed E-state index contributed by atoms with van der Waals surface area (Å²) in [7, 11) is 3.12. The van der Waals surface area contributed by atoms with Gasteiger partial charge in [0.05, 0.1) is 25.3 Å². The molecule has 4 rings (SSSR count). The van der Waals surface area contributed by atoms with Crippen LogP contribution >= 0.6 is 11.9 Å². The van der Waals surface area contributed by atoms with E-state index in [-0.39, 0.29) is 5.75 Å². The highest BCUT2D eigenvalue weighted by Gasteiger charge is 2.30. The first kappa shape index (κ1) is 23.3. The van der Waals surface area contributed by atoms with E-state index in [0.717, 1.165) is 0 Å². The highest BCUT2D eigenvalue weighted by Crippen LogP contribution is 2.33. The molecule has 1 heterocycles. The van der Waals surface area contributed by atoms with Crippen LogP contribution in [0.1, 0.15) is 0 Å². The summed E-state index contributed by atoms with van der Waals surface area (Å²) in [5, 5.41) is 3.23. The topological polar surface area (TPSA) is 77.5 Å². The zero-order valence-corrected chi connectivity index (χ0v) is 18.8. The van der Waals surface area contributed by atoms with Crippen LogP contribution in [0.15, 0.2) is 71.6 Å². The van der Waals surface area contributed by atoms with E-state index in [1.807, 2.05) is 24.3 Å². The Bertz CT molecular complexity index is 1260. The summed E-state index contributed by atoms with van der Waals surface area (Å²) in [5.74, 6) is 1.78. The molecule has 0 aliphatic rings. The smallest absolute Gasteiger partial charge is 0.497 e. The van der Waals surface area contributed by atoms with E-state index in [0.29, 0.717) is 44.8 Å². The molecule has 0 atom stereocenters. The van der Waals surface area contributed by atoms with Crippen LogP contribution in [0, 0.1) is 0 Å². The van der Waals surface area contributed by atoms with Gasteiger partial charge in [-0.15, -0.1) is 13.2 Å². The molecule has 4 aromatic rings. The lowest BCUT2D eigenvalue weighted by Gasteiger charge is -2.14. The van der Waals surface area contributed by atoms with E-state index in [4.69, 9.17) is 9.47 Å². The lowest BCUT2D eigenvalue weighted by Crippen LogP contribution is -2.16. The van der Waals surface area contributed by atoms with Crippen LogP contribution in [0.2, 0.25) is 0 Å². The minimum absolute atomic E-state index is 0.295. The van der Waals surface area contributed by atoms with Crippen molar-refractivity contribution in [3.8, 4) is 17.2 Å². The summed E-state index contributed by atoms with van der Waals surface area (Å²) in [4.78, 5) is 9.97. The maximum Gasteiger partial charge on any atom is 0.573 e. The number of fused-ring (bicyclic) bond motifs is 1. The monoisotopic (exact) mass is 488 g/mol. The van der Waals surface area contributed by atoms with Crippen molar-refractivity contribution in [1.29, 1.82) is 0 Å². The van der Waals surface area contributed by atoms with Gasteiger partial charge >= 0.3 is 6.36 Å². The Morgan fingerprint density at radius 1 is 0.765 bits per heavy atom. The first-order valence-electron chi connectivity index (χ1n) is 9.88. The Morgan fingerprint density at radius 3 is 1.91 bits per heavy atom. The Labute approximate surface area is 197 Å². The average Bonchev–Trinajstić information content (AvgIpc) is 2.82. The Morgan fingerprint density at radius 2 is 1.35 bits per heavy atom. The summed E-state index contributed by atoms with van der Waals surface area (Å²) in [6.07, 6.45) is -4.74. The summed E-state index contributed by atoms with van der Waals surface area (Å²) in [5.41, 5.74) is 2.03. The largest absolute Gasteiger partial charge is 0.573 e. The molecule has 3 aromatic carbocycles. The van der Waals surface area contributed by atoms with Crippen LogP contribution in [0.3, 0.4) is 0 Å². The number of methoxy groups -OCH3 is 2. The number of nitrogens with zero attached hydrogens (tertiary/aromatic N) is 2. The second-order valence-electron chi connectivity index (χ2n) is 6.86. The number of aromatic nitrogens is 2. The van der Waals surface area contributed by atoms with Crippen molar-refractivity contribution in [2.45, 2.75) is 11.3 Å². The number of ether oxygens (including phenoxy) is 3. The van der Waals surface area contributed by atoms with Gasteiger partial charge in [0, 0.05) is 28.8 Å². The second kappa shape index (κ2) is 9.96. The molecule has 0 fully saturated rings. The molecule has 0 spiro atoms. The van der Waals surface area contributed by atoms with Crippen molar-refractivity contribution in [3.63, 3.8) is 0 Å². The number of anilines is 3. The molecule has 0 aliphatic heterocycles. The highest BCUT2D eigenvalue weighted by atomic mass is 32.2. The number of rotatable bonds is 8. The third-order valence-electron chi connectivity index (χ3n) is 4.51. The van der Waals surface area contributed by atoms with E-state index in [1.54, 1.807) is 32.4 Å². The van der Waals surface area contributed by atoms with Crippen molar-refractivity contribution in [2.75, 3.05) is 24.3 Å². The molecule has 0 bridgehead atoms. The Kier molecular flexibility index (Phi) is 6.82. The molecule has 34 heavy (non-hydrogen) atoms. The SMILES string of the molecule is COc1cc(Nc2nc3ccccc3nc2NSc2ccc(OC(F)(F)F)cc2)cc(OC)c1. The zero-order valence-electron chi connectivity index (χ0n) is 18.0. The first-order chi connectivity index (χ1) is 16.3. The molecule has 0 saturated carbocycles. The second-order valence-corrected chi connectivity index (χ2v) is 7.74.